The molecule has 11 heavy (non-hydrogen) atoms. The average molecular weight is 159 g/mol. The second kappa shape index (κ2) is 3.55. The largest absolute Gasteiger partial charge is 0.390 e. The molecule has 0 aromatic carbocycles. The molecule has 0 aliphatic rings. The Morgan fingerprint density at radius 3 is 1.91 bits per heavy atom. The molecule has 0 radical (unpaired) electrons. The quantitative estimate of drug-likeness (QED) is 0.649. The van der Waals surface area contributed by atoms with Crippen molar-refractivity contribution in [2.45, 2.75) is 39.7 Å². The summed E-state index contributed by atoms with van der Waals surface area (Å²) in [5.74, 6) is 0. The van der Waals surface area contributed by atoms with Crippen LogP contribution in [0, 0.1) is 5.41 Å². The van der Waals surface area contributed by atoms with E-state index in [1.165, 1.54) is 0 Å². The van der Waals surface area contributed by atoms with Crippen LogP contribution in [0.1, 0.15) is 34.1 Å². The third-order valence-corrected chi connectivity index (χ3v) is 1.57. The highest BCUT2D eigenvalue weighted by Gasteiger charge is 2.25. The summed E-state index contributed by atoms with van der Waals surface area (Å²) in [4.78, 5) is 0. The van der Waals surface area contributed by atoms with Gasteiger partial charge in [0.2, 0.25) is 0 Å². The standard InChI is InChI=1S/C9H21NO/c1-8(2,7-10-5)6-9(3,4)11/h10-11H,6-7H2,1-5H3. The van der Waals surface area contributed by atoms with Gasteiger partial charge < -0.3 is 10.4 Å². The molecule has 0 heterocycles. The number of hydrogen-bond donors (Lipinski definition) is 2. The van der Waals surface area contributed by atoms with Crippen LogP contribution < -0.4 is 5.32 Å². The molecule has 0 spiro atoms. The van der Waals surface area contributed by atoms with Gasteiger partial charge in [-0.2, -0.15) is 0 Å². The van der Waals surface area contributed by atoms with Gasteiger partial charge in [0.15, 0.2) is 0 Å². The zero-order valence-electron chi connectivity index (χ0n) is 8.36. The average Bonchev–Trinajstić information content (AvgIpc) is 1.55. The first kappa shape index (κ1) is 10.9. The van der Waals surface area contributed by atoms with E-state index in [0.717, 1.165) is 13.0 Å². The van der Waals surface area contributed by atoms with E-state index >= 15 is 0 Å². The lowest BCUT2D eigenvalue weighted by atomic mass is 9.82. The first-order valence-electron chi connectivity index (χ1n) is 4.14. The minimum absolute atomic E-state index is 0.174. The summed E-state index contributed by atoms with van der Waals surface area (Å²) in [6.45, 7) is 8.95. The summed E-state index contributed by atoms with van der Waals surface area (Å²) >= 11 is 0. The summed E-state index contributed by atoms with van der Waals surface area (Å²) in [5, 5.41) is 12.7. The van der Waals surface area contributed by atoms with E-state index in [1.54, 1.807) is 0 Å². The van der Waals surface area contributed by atoms with Crippen LogP contribution in [0.25, 0.3) is 0 Å². The first-order valence-corrected chi connectivity index (χ1v) is 4.14. The van der Waals surface area contributed by atoms with Crippen LogP contribution in [0.5, 0.6) is 0 Å². The summed E-state index contributed by atoms with van der Waals surface area (Å²) in [6, 6.07) is 0. The van der Waals surface area contributed by atoms with Crippen LogP contribution >= 0.6 is 0 Å². The number of hydrogen-bond acceptors (Lipinski definition) is 2. The molecular weight excluding hydrogens is 138 g/mol. The van der Waals surface area contributed by atoms with Gasteiger partial charge in [-0.05, 0) is 32.7 Å². The van der Waals surface area contributed by atoms with Crippen molar-refractivity contribution in [3.8, 4) is 0 Å². The van der Waals surface area contributed by atoms with Crippen molar-refractivity contribution in [2.24, 2.45) is 5.41 Å². The van der Waals surface area contributed by atoms with Crippen molar-refractivity contribution < 1.29 is 5.11 Å². The van der Waals surface area contributed by atoms with Gasteiger partial charge >= 0.3 is 0 Å². The van der Waals surface area contributed by atoms with E-state index in [-0.39, 0.29) is 5.41 Å². The fourth-order valence-electron chi connectivity index (χ4n) is 1.71. The van der Waals surface area contributed by atoms with Crippen LogP contribution in [0.15, 0.2) is 0 Å². The molecule has 0 saturated heterocycles. The summed E-state index contributed by atoms with van der Waals surface area (Å²) < 4.78 is 0. The summed E-state index contributed by atoms with van der Waals surface area (Å²) in [6.07, 6.45) is 0.820. The van der Waals surface area contributed by atoms with Crippen molar-refractivity contribution in [1.29, 1.82) is 0 Å². The van der Waals surface area contributed by atoms with Crippen molar-refractivity contribution >= 4 is 0 Å². The third-order valence-electron chi connectivity index (χ3n) is 1.57. The van der Waals surface area contributed by atoms with Crippen LogP contribution in [0.4, 0.5) is 0 Å². The lowest BCUT2D eigenvalue weighted by Gasteiger charge is -2.31. The molecule has 0 fully saturated rings. The predicted molar refractivity (Wildman–Crippen MR) is 48.6 cm³/mol. The zero-order valence-corrected chi connectivity index (χ0v) is 8.36. The summed E-state index contributed by atoms with van der Waals surface area (Å²) in [5.41, 5.74) is -0.382. The van der Waals surface area contributed by atoms with Gasteiger partial charge in [0.25, 0.3) is 0 Å². The molecule has 0 aliphatic heterocycles. The Labute approximate surface area is 70.0 Å². The smallest absolute Gasteiger partial charge is 0.0597 e. The van der Waals surface area contributed by atoms with E-state index in [1.807, 2.05) is 20.9 Å². The molecule has 0 aromatic heterocycles. The molecule has 68 valence electrons. The minimum Gasteiger partial charge on any atom is -0.390 e. The Balaban J connectivity index is 3.91. The van der Waals surface area contributed by atoms with E-state index in [0.29, 0.717) is 0 Å². The highest BCUT2D eigenvalue weighted by molar-refractivity contribution is 4.79. The fourth-order valence-corrected chi connectivity index (χ4v) is 1.71. The second-order valence-corrected chi connectivity index (χ2v) is 4.68. The molecule has 0 aromatic rings. The Morgan fingerprint density at radius 1 is 1.18 bits per heavy atom. The molecule has 2 heteroatoms. The van der Waals surface area contributed by atoms with E-state index < -0.39 is 5.60 Å². The van der Waals surface area contributed by atoms with Gasteiger partial charge in [0.05, 0.1) is 5.60 Å². The lowest BCUT2D eigenvalue weighted by Crippen LogP contribution is -2.34. The minimum atomic E-state index is -0.555. The maximum Gasteiger partial charge on any atom is 0.0597 e. The monoisotopic (exact) mass is 159 g/mol. The van der Waals surface area contributed by atoms with Crippen molar-refractivity contribution in [3.05, 3.63) is 0 Å². The number of nitrogens with one attached hydrogen (secondary N) is 1. The molecule has 0 atom stereocenters. The van der Waals surface area contributed by atoms with Gasteiger partial charge in [-0.1, -0.05) is 13.8 Å². The molecule has 0 unspecified atom stereocenters. The molecular formula is C9H21NO. The first-order chi connectivity index (χ1) is 4.77. The van der Waals surface area contributed by atoms with Crippen molar-refractivity contribution in [2.75, 3.05) is 13.6 Å². The third kappa shape index (κ3) is 6.32. The van der Waals surface area contributed by atoms with E-state index in [4.69, 9.17) is 0 Å². The van der Waals surface area contributed by atoms with Crippen LogP contribution in [0.2, 0.25) is 0 Å². The molecule has 2 N–H and O–H groups in total. The normalized spacial score (nSPS) is 13.6. The van der Waals surface area contributed by atoms with Crippen molar-refractivity contribution in [1.82, 2.24) is 5.32 Å². The maximum absolute atomic E-state index is 9.55. The van der Waals surface area contributed by atoms with Gasteiger partial charge in [-0.25, -0.2) is 0 Å². The maximum atomic E-state index is 9.55. The molecule has 2 nitrogen and oxygen atoms in total. The fraction of sp³-hybridized carbons (Fsp3) is 1.00. The molecule has 0 aliphatic carbocycles. The van der Waals surface area contributed by atoms with Gasteiger partial charge in [-0.15, -0.1) is 0 Å². The van der Waals surface area contributed by atoms with Gasteiger partial charge in [0, 0.05) is 6.54 Å². The van der Waals surface area contributed by atoms with Crippen LogP contribution in [-0.2, 0) is 0 Å². The SMILES string of the molecule is CNCC(C)(C)CC(C)(C)O. The molecule has 0 rings (SSSR count). The van der Waals surface area contributed by atoms with E-state index in [2.05, 4.69) is 19.2 Å². The molecule has 0 amide bonds. The Hall–Kier alpha value is -0.0800. The van der Waals surface area contributed by atoms with Gasteiger partial charge in [-0.3, -0.25) is 0 Å². The Morgan fingerprint density at radius 2 is 1.64 bits per heavy atom. The number of aliphatic hydroxyl groups is 1. The predicted octanol–water partition coefficient (Wildman–Crippen LogP) is 1.39. The Kier molecular flexibility index (Phi) is 3.52. The van der Waals surface area contributed by atoms with Crippen LogP contribution in [-0.4, -0.2) is 24.3 Å². The molecule has 0 saturated carbocycles. The second-order valence-electron chi connectivity index (χ2n) is 4.68. The lowest BCUT2D eigenvalue weighted by molar-refractivity contribution is 0.0325. The van der Waals surface area contributed by atoms with Crippen LogP contribution in [0.3, 0.4) is 0 Å². The highest BCUT2D eigenvalue weighted by Crippen LogP contribution is 2.26. The summed E-state index contributed by atoms with van der Waals surface area (Å²) in [7, 11) is 1.94. The highest BCUT2D eigenvalue weighted by atomic mass is 16.3. The topological polar surface area (TPSA) is 32.3 Å². The molecule has 0 bridgehead atoms. The van der Waals surface area contributed by atoms with E-state index in [9.17, 15) is 5.11 Å². The number of rotatable bonds is 4. The zero-order chi connectivity index (χ0) is 9.12. The Bertz CT molecular complexity index is 113. The van der Waals surface area contributed by atoms with Crippen molar-refractivity contribution in [3.63, 3.8) is 0 Å². The van der Waals surface area contributed by atoms with Gasteiger partial charge in [0.1, 0.15) is 0 Å².